The van der Waals surface area contributed by atoms with Crippen molar-refractivity contribution in [2.45, 2.75) is 13.3 Å². The van der Waals surface area contributed by atoms with Crippen LogP contribution in [-0.2, 0) is 6.42 Å². The number of pyridine rings is 1. The first-order valence-electron chi connectivity index (χ1n) is 3.99. The molecule has 1 aromatic heterocycles. The molecule has 12 heavy (non-hydrogen) atoms. The molecule has 0 aliphatic heterocycles. The van der Waals surface area contributed by atoms with Crippen LogP contribution in [0.1, 0.15) is 11.3 Å². The zero-order valence-electron chi connectivity index (χ0n) is 7.39. The minimum atomic E-state index is 0.982. The fraction of sp³-hybridized carbons (Fsp3) is 0.444. The lowest BCUT2D eigenvalue weighted by atomic mass is 10.2. The topological polar surface area (TPSA) is 24.9 Å². The van der Waals surface area contributed by atoms with Gasteiger partial charge >= 0.3 is 0 Å². The zero-order chi connectivity index (χ0) is 8.97. The average Bonchev–Trinajstić information content (AvgIpc) is 2.03. The fourth-order valence-electron chi connectivity index (χ4n) is 1.07. The van der Waals surface area contributed by atoms with E-state index in [0.29, 0.717) is 0 Å². The summed E-state index contributed by atoms with van der Waals surface area (Å²) in [4.78, 5) is 4.33. The Kier molecular flexibility index (Phi) is 3.69. The molecule has 1 heterocycles. The van der Waals surface area contributed by atoms with Crippen molar-refractivity contribution < 1.29 is 0 Å². The van der Waals surface area contributed by atoms with Crippen molar-refractivity contribution >= 4 is 15.9 Å². The van der Waals surface area contributed by atoms with E-state index >= 15 is 0 Å². The number of hydrogen-bond acceptors (Lipinski definition) is 2. The lowest BCUT2D eigenvalue weighted by Gasteiger charge is -2.03. The minimum absolute atomic E-state index is 0.982. The second-order valence-electron chi connectivity index (χ2n) is 2.77. The molecule has 2 nitrogen and oxygen atoms in total. The Morgan fingerprint density at radius 1 is 1.58 bits per heavy atom. The van der Waals surface area contributed by atoms with Gasteiger partial charge in [0.2, 0.25) is 0 Å². The Labute approximate surface area is 81.5 Å². The molecule has 0 saturated heterocycles. The van der Waals surface area contributed by atoms with Crippen molar-refractivity contribution in [2.24, 2.45) is 0 Å². The molecule has 0 unspecified atom stereocenters. The van der Waals surface area contributed by atoms with Crippen LogP contribution >= 0.6 is 15.9 Å². The summed E-state index contributed by atoms with van der Waals surface area (Å²) >= 11 is 3.39. The van der Waals surface area contributed by atoms with Crippen molar-refractivity contribution in [3.8, 4) is 0 Å². The highest BCUT2D eigenvalue weighted by Gasteiger charge is 1.98. The van der Waals surface area contributed by atoms with E-state index in [1.807, 2.05) is 13.2 Å². The Bertz CT molecular complexity index is 261. The van der Waals surface area contributed by atoms with Crippen molar-refractivity contribution in [3.63, 3.8) is 0 Å². The van der Waals surface area contributed by atoms with E-state index in [1.165, 1.54) is 11.3 Å². The standard InChI is InChI=1S/C9H13BrN2/c1-7-5-8(10)6-12-9(7)3-4-11-2/h5-6,11H,3-4H2,1-2H3. The molecule has 0 bridgehead atoms. The van der Waals surface area contributed by atoms with Gasteiger partial charge in [0.25, 0.3) is 0 Å². The van der Waals surface area contributed by atoms with E-state index in [0.717, 1.165) is 17.4 Å². The van der Waals surface area contributed by atoms with Crippen LogP contribution in [0.15, 0.2) is 16.7 Å². The molecule has 66 valence electrons. The van der Waals surface area contributed by atoms with Gasteiger partial charge in [0, 0.05) is 29.3 Å². The van der Waals surface area contributed by atoms with Gasteiger partial charge < -0.3 is 5.32 Å². The summed E-state index contributed by atoms with van der Waals surface area (Å²) in [5.41, 5.74) is 2.42. The Morgan fingerprint density at radius 2 is 2.33 bits per heavy atom. The van der Waals surface area contributed by atoms with Crippen LogP contribution in [0, 0.1) is 6.92 Å². The van der Waals surface area contributed by atoms with E-state index in [-0.39, 0.29) is 0 Å². The summed E-state index contributed by atoms with van der Waals surface area (Å²) in [5, 5.41) is 3.11. The van der Waals surface area contributed by atoms with Gasteiger partial charge in [-0.15, -0.1) is 0 Å². The van der Waals surface area contributed by atoms with Gasteiger partial charge in [-0.25, -0.2) is 0 Å². The number of halogens is 1. The van der Waals surface area contributed by atoms with Crippen molar-refractivity contribution in [1.82, 2.24) is 10.3 Å². The third-order valence-corrected chi connectivity index (χ3v) is 2.20. The van der Waals surface area contributed by atoms with Crippen LogP contribution in [0.3, 0.4) is 0 Å². The number of nitrogens with one attached hydrogen (secondary N) is 1. The predicted molar refractivity (Wildman–Crippen MR) is 54.3 cm³/mol. The number of aryl methyl sites for hydroxylation is 1. The van der Waals surface area contributed by atoms with E-state index < -0.39 is 0 Å². The maximum atomic E-state index is 4.33. The Balaban J connectivity index is 2.72. The highest BCUT2D eigenvalue weighted by Crippen LogP contribution is 2.12. The number of likely N-dealkylation sites (N-methyl/N-ethyl adjacent to an activating group) is 1. The number of nitrogens with zero attached hydrogens (tertiary/aromatic N) is 1. The molecule has 0 spiro atoms. The predicted octanol–water partition coefficient (Wildman–Crippen LogP) is 1.91. The molecule has 1 rings (SSSR count). The van der Waals surface area contributed by atoms with Gasteiger partial charge in [-0.2, -0.15) is 0 Å². The average molecular weight is 229 g/mol. The fourth-order valence-corrected chi connectivity index (χ4v) is 1.52. The van der Waals surface area contributed by atoms with Gasteiger partial charge in [-0.3, -0.25) is 4.98 Å². The van der Waals surface area contributed by atoms with Crippen LogP contribution in [0.4, 0.5) is 0 Å². The van der Waals surface area contributed by atoms with Crippen molar-refractivity contribution in [2.75, 3.05) is 13.6 Å². The van der Waals surface area contributed by atoms with Gasteiger partial charge in [-0.1, -0.05) is 0 Å². The number of hydrogen-bond donors (Lipinski definition) is 1. The van der Waals surface area contributed by atoms with E-state index in [9.17, 15) is 0 Å². The molecule has 0 radical (unpaired) electrons. The summed E-state index contributed by atoms with van der Waals surface area (Å²) in [6.45, 7) is 3.07. The zero-order valence-corrected chi connectivity index (χ0v) is 8.98. The van der Waals surface area contributed by atoms with Crippen LogP contribution in [0.25, 0.3) is 0 Å². The van der Waals surface area contributed by atoms with Gasteiger partial charge in [0.1, 0.15) is 0 Å². The third-order valence-electron chi connectivity index (χ3n) is 1.77. The highest BCUT2D eigenvalue weighted by atomic mass is 79.9. The maximum absolute atomic E-state index is 4.33. The summed E-state index contributed by atoms with van der Waals surface area (Å²) < 4.78 is 1.05. The monoisotopic (exact) mass is 228 g/mol. The molecule has 3 heteroatoms. The van der Waals surface area contributed by atoms with E-state index in [1.54, 1.807) is 0 Å². The van der Waals surface area contributed by atoms with E-state index in [2.05, 4.69) is 39.2 Å². The Hall–Kier alpha value is -0.410. The largest absolute Gasteiger partial charge is 0.319 e. The molecule has 0 aromatic carbocycles. The molecule has 0 aliphatic rings. The molecule has 0 aliphatic carbocycles. The first-order chi connectivity index (χ1) is 5.74. The lowest BCUT2D eigenvalue weighted by molar-refractivity contribution is 0.771. The van der Waals surface area contributed by atoms with Crippen LogP contribution in [-0.4, -0.2) is 18.6 Å². The SMILES string of the molecule is CNCCc1ncc(Br)cc1C. The van der Waals surface area contributed by atoms with Crippen molar-refractivity contribution in [1.29, 1.82) is 0 Å². The van der Waals surface area contributed by atoms with Gasteiger partial charge in [0.15, 0.2) is 0 Å². The van der Waals surface area contributed by atoms with Gasteiger partial charge in [-0.05, 0) is 41.5 Å². The second-order valence-corrected chi connectivity index (χ2v) is 3.69. The summed E-state index contributed by atoms with van der Waals surface area (Å²) in [6.07, 6.45) is 2.84. The van der Waals surface area contributed by atoms with Crippen molar-refractivity contribution in [3.05, 3.63) is 28.0 Å². The molecular weight excluding hydrogens is 216 g/mol. The maximum Gasteiger partial charge on any atom is 0.0446 e. The first kappa shape index (κ1) is 9.68. The highest BCUT2D eigenvalue weighted by molar-refractivity contribution is 9.10. The van der Waals surface area contributed by atoms with Gasteiger partial charge in [0.05, 0.1) is 0 Å². The third kappa shape index (κ3) is 2.57. The van der Waals surface area contributed by atoms with Crippen LogP contribution in [0.2, 0.25) is 0 Å². The minimum Gasteiger partial charge on any atom is -0.319 e. The quantitative estimate of drug-likeness (QED) is 0.856. The number of aromatic nitrogens is 1. The van der Waals surface area contributed by atoms with E-state index in [4.69, 9.17) is 0 Å². The molecule has 0 atom stereocenters. The summed E-state index contributed by atoms with van der Waals surface area (Å²) in [6, 6.07) is 2.10. The lowest BCUT2D eigenvalue weighted by Crippen LogP contribution is -2.11. The van der Waals surface area contributed by atoms with Crippen LogP contribution in [0.5, 0.6) is 0 Å². The first-order valence-corrected chi connectivity index (χ1v) is 4.79. The second kappa shape index (κ2) is 4.58. The molecule has 1 N–H and O–H groups in total. The molecule has 0 saturated carbocycles. The summed E-state index contributed by atoms with van der Waals surface area (Å²) in [7, 11) is 1.95. The normalized spacial score (nSPS) is 10.2. The Morgan fingerprint density at radius 3 is 2.92 bits per heavy atom. The molecule has 1 aromatic rings. The molecule has 0 fully saturated rings. The molecule has 0 amide bonds. The van der Waals surface area contributed by atoms with Crippen LogP contribution < -0.4 is 5.32 Å². The molecular formula is C9H13BrN2. The number of rotatable bonds is 3. The summed E-state index contributed by atoms with van der Waals surface area (Å²) in [5.74, 6) is 0. The smallest absolute Gasteiger partial charge is 0.0446 e.